The van der Waals surface area contributed by atoms with E-state index in [2.05, 4.69) is 14.7 Å². The van der Waals surface area contributed by atoms with Crippen molar-refractivity contribution in [1.29, 1.82) is 0 Å². The number of nitrogens with zero attached hydrogens (tertiary/aromatic N) is 3. The van der Waals surface area contributed by atoms with Gasteiger partial charge in [0, 0.05) is 42.5 Å². The number of halogens is 5. The highest BCUT2D eigenvalue weighted by atomic mass is 32.2. The molecule has 38 heavy (non-hydrogen) atoms. The fourth-order valence-electron chi connectivity index (χ4n) is 5.12. The van der Waals surface area contributed by atoms with E-state index in [1.54, 1.807) is 0 Å². The lowest BCUT2D eigenvalue weighted by molar-refractivity contribution is -0.192. The molecule has 202 valence electrons. The highest BCUT2D eigenvalue weighted by Crippen LogP contribution is 2.48. The first-order chi connectivity index (χ1) is 18.0. The predicted molar refractivity (Wildman–Crippen MR) is 127 cm³/mol. The first-order valence-corrected chi connectivity index (χ1v) is 13.4. The molecule has 0 amide bonds. The van der Waals surface area contributed by atoms with Crippen LogP contribution in [0.15, 0.2) is 59.8 Å². The van der Waals surface area contributed by atoms with Gasteiger partial charge < -0.3 is 4.74 Å². The molecule has 2 aliphatic heterocycles. The fourth-order valence-corrected chi connectivity index (χ4v) is 6.15. The third-order valence-electron chi connectivity index (χ3n) is 6.92. The summed E-state index contributed by atoms with van der Waals surface area (Å²) in [5, 5.41) is 0. The van der Waals surface area contributed by atoms with E-state index in [9.17, 15) is 26.0 Å². The van der Waals surface area contributed by atoms with Crippen LogP contribution < -0.4 is 9.46 Å². The van der Waals surface area contributed by atoms with Gasteiger partial charge >= 0.3 is 6.18 Å². The molecule has 0 unspecified atom stereocenters. The zero-order valence-electron chi connectivity index (χ0n) is 19.8. The van der Waals surface area contributed by atoms with E-state index in [0.29, 0.717) is 17.5 Å². The molecule has 3 heterocycles. The topological polar surface area (TPSA) is 84.4 Å². The van der Waals surface area contributed by atoms with Crippen molar-refractivity contribution < 1.29 is 35.1 Å². The monoisotopic (exact) mass is 554 g/mol. The van der Waals surface area contributed by atoms with Crippen LogP contribution in [-0.2, 0) is 10.0 Å². The Morgan fingerprint density at radius 3 is 2.39 bits per heavy atom. The molecule has 0 saturated carbocycles. The van der Waals surface area contributed by atoms with Gasteiger partial charge in [-0.3, -0.25) is 4.90 Å². The van der Waals surface area contributed by atoms with Crippen LogP contribution in [-0.4, -0.2) is 42.6 Å². The first kappa shape index (κ1) is 26.3. The van der Waals surface area contributed by atoms with Crippen molar-refractivity contribution in [3.05, 3.63) is 77.6 Å². The lowest BCUT2D eigenvalue weighted by atomic mass is 9.84. The Kier molecular flexibility index (Phi) is 6.99. The molecule has 1 saturated heterocycles. The van der Waals surface area contributed by atoms with Crippen molar-refractivity contribution in [2.45, 2.75) is 42.4 Å². The summed E-state index contributed by atoms with van der Waals surface area (Å²) < 4.78 is 103. The average Bonchev–Trinajstić information content (AvgIpc) is 2.88. The summed E-state index contributed by atoms with van der Waals surface area (Å²) in [6.07, 6.45) is -1.78. The molecule has 1 N–H and O–H groups in total. The Morgan fingerprint density at radius 2 is 1.71 bits per heavy atom. The number of fused-ring (bicyclic) bond motifs is 1. The zero-order chi connectivity index (χ0) is 27.1. The number of nitrogens with one attached hydrogen (secondary N) is 1. The van der Waals surface area contributed by atoms with Crippen LogP contribution in [0, 0.1) is 17.6 Å². The van der Waals surface area contributed by atoms with Gasteiger partial charge in [0.1, 0.15) is 22.3 Å². The third-order valence-corrected chi connectivity index (χ3v) is 8.26. The second kappa shape index (κ2) is 10.1. The van der Waals surface area contributed by atoms with Crippen LogP contribution in [0.25, 0.3) is 0 Å². The smallest absolute Gasteiger partial charge is 0.391 e. The molecule has 0 radical (unpaired) electrons. The fraction of sp³-hybridized carbons (Fsp3) is 0.360. The number of rotatable bonds is 5. The second-order valence-electron chi connectivity index (χ2n) is 9.22. The van der Waals surface area contributed by atoms with Crippen LogP contribution in [0.2, 0.25) is 0 Å². The SMILES string of the molecule is O=S(=O)(Nc1ncccn1)c1cc2c(cc1F)[C@H](N1CC[C@@H](C(F)(F)F)C[C@H]1c1ccc(F)cc1)CCO2. The predicted octanol–water partition coefficient (Wildman–Crippen LogP) is 5.39. The van der Waals surface area contributed by atoms with Gasteiger partial charge in [-0.2, -0.15) is 13.2 Å². The summed E-state index contributed by atoms with van der Waals surface area (Å²) >= 11 is 0. The minimum atomic E-state index is -4.41. The summed E-state index contributed by atoms with van der Waals surface area (Å²) in [5.74, 6) is -3.22. The van der Waals surface area contributed by atoms with Gasteiger partial charge in [-0.25, -0.2) is 31.9 Å². The zero-order valence-corrected chi connectivity index (χ0v) is 20.6. The van der Waals surface area contributed by atoms with E-state index in [0.717, 1.165) is 12.1 Å². The first-order valence-electron chi connectivity index (χ1n) is 11.9. The molecular formula is C25H23F5N4O3S. The number of sulfonamides is 1. The minimum Gasteiger partial charge on any atom is -0.493 e. The number of likely N-dealkylation sites (tertiary alicyclic amines) is 1. The van der Waals surface area contributed by atoms with Crippen molar-refractivity contribution >= 4 is 16.0 Å². The number of hydrogen-bond acceptors (Lipinski definition) is 6. The Bertz CT molecular complexity index is 1400. The quantitative estimate of drug-likeness (QED) is 0.426. The van der Waals surface area contributed by atoms with Crippen LogP contribution in [0.5, 0.6) is 5.75 Å². The van der Waals surface area contributed by atoms with Crippen molar-refractivity contribution in [1.82, 2.24) is 14.9 Å². The van der Waals surface area contributed by atoms with Crippen molar-refractivity contribution in [3.63, 3.8) is 0 Å². The Hall–Kier alpha value is -3.32. The maximum absolute atomic E-state index is 15.3. The Labute approximate surface area is 215 Å². The lowest BCUT2D eigenvalue weighted by Crippen LogP contribution is -2.44. The van der Waals surface area contributed by atoms with Crippen molar-refractivity contribution in [2.24, 2.45) is 5.92 Å². The summed E-state index contributed by atoms with van der Waals surface area (Å²) in [6, 6.07) is 7.66. The average molecular weight is 555 g/mol. The van der Waals surface area contributed by atoms with E-state index >= 15 is 4.39 Å². The number of aromatic nitrogens is 2. The number of alkyl halides is 3. The molecule has 0 bridgehead atoms. The highest BCUT2D eigenvalue weighted by molar-refractivity contribution is 7.92. The molecular weight excluding hydrogens is 531 g/mol. The molecule has 2 aromatic carbocycles. The standard InChI is InChI=1S/C25H23F5N4O3S/c26-17-4-2-15(3-5-17)21-12-16(25(28,29)30)6-10-34(21)20-7-11-37-22-14-23(19(27)13-18(20)22)38(35,36)33-24-31-8-1-9-32-24/h1-5,8-9,13-14,16,20-21H,6-7,10-12H2,(H,31,32,33)/t16-,20-,21+/m1/s1. The number of piperidine rings is 1. The summed E-state index contributed by atoms with van der Waals surface area (Å²) in [5.41, 5.74) is 0.848. The molecule has 13 heteroatoms. The minimum absolute atomic E-state index is 0.0604. The Balaban J connectivity index is 1.49. The van der Waals surface area contributed by atoms with Gasteiger partial charge in [-0.15, -0.1) is 0 Å². The van der Waals surface area contributed by atoms with Gasteiger partial charge in [0.05, 0.1) is 12.5 Å². The molecule has 5 rings (SSSR count). The van der Waals surface area contributed by atoms with E-state index in [1.165, 1.54) is 42.7 Å². The molecule has 3 atom stereocenters. The maximum Gasteiger partial charge on any atom is 0.391 e. The van der Waals surface area contributed by atoms with Crippen LogP contribution in [0.4, 0.5) is 27.9 Å². The molecule has 0 spiro atoms. The third kappa shape index (κ3) is 5.30. The molecule has 7 nitrogen and oxygen atoms in total. The van der Waals surface area contributed by atoms with Gasteiger partial charge in [0.25, 0.3) is 10.0 Å². The summed E-state index contributed by atoms with van der Waals surface area (Å²) in [4.78, 5) is 8.74. The lowest BCUT2D eigenvalue weighted by Gasteiger charge is -2.46. The number of hydrogen-bond donors (Lipinski definition) is 1. The number of ether oxygens (including phenoxy) is 1. The summed E-state index contributed by atoms with van der Waals surface area (Å²) in [6.45, 7) is 0.207. The second-order valence-corrected chi connectivity index (χ2v) is 10.9. The normalized spacial score (nSPS) is 22.4. The molecule has 1 aromatic heterocycles. The van der Waals surface area contributed by atoms with Crippen molar-refractivity contribution in [3.8, 4) is 5.75 Å². The molecule has 3 aromatic rings. The maximum atomic E-state index is 15.3. The van der Waals surface area contributed by atoms with Crippen LogP contribution in [0.1, 0.15) is 42.5 Å². The van der Waals surface area contributed by atoms with E-state index in [-0.39, 0.29) is 37.7 Å². The van der Waals surface area contributed by atoms with Gasteiger partial charge in [0.2, 0.25) is 5.95 Å². The van der Waals surface area contributed by atoms with E-state index in [4.69, 9.17) is 4.74 Å². The number of anilines is 1. The molecule has 0 aliphatic carbocycles. The summed E-state index contributed by atoms with van der Waals surface area (Å²) in [7, 11) is -4.41. The van der Waals surface area contributed by atoms with E-state index in [1.807, 2.05) is 4.90 Å². The Morgan fingerprint density at radius 1 is 1.00 bits per heavy atom. The van der Waals surface area contributed by atoms with E-state index < -0.39 is 50.7 Å². The van der Waals surface area contributed by atoms with Gasteiger partial charge in [-0.1, -0.05) is 12.1 Å². The van der Waals surface area contributed by atoms with Crippen molar-refractivity contribution in [2.75, 3.05) is 17.9 Å². The van der Waals surface area contributed by atoms with Gasteiger partial charge in [0.15, 0.2) is 0 Å². The van der Waals surface area contributed by atoms with Crippen LogP contribution in [0.3, 0.4) is 0 Å². The molecule has 2 aliphatic rings. The molecule has 1 fully saturated rings. The number of benzene rings is 2. The van der Waals surface area contributed by atoms with Crippen LogP contribution >= 0.6 is 0 Å². The van der Waals surface area contributed by atoms with Gasteiger partial charge in [-0.05, 0) is 49.2 Å². The highest BCUT2D eigenvalue weighted by Gasteiger charge is 2.46. The largest absolute Gasteiger partial charge is 0.493 e.